The lowest BCUT2D eigenvalue weighted by Crippen LogP contribution is -2.31. The molecule has 0 aliphatic rings. The number of hydrogen-bond donors (Lipinski definition) is 1. The molecule has 0 saturated heterocycles. The van der Waals surface area contributed by atoms with Gasteiger partial charge in [-0.3, -0.25) is 4.79 Å². The van der Waals surface area contributed by atoms with Crippen molar-refractivity contribution in [2.75, 3.05) is 6.54 Å². The Hall–Kier alpha value is -0.430. The Morgan fingerprint density at radius 1 is 1.44 bits per heavy atom. The summed E-state index contributed by atoms with van der Waals surface area (Å²) < 4.78 is 26.8. The molecule has 100 valence electrons. The van der Waals surface area contributed by atoms with Crippen molar-refractivity contribution in [1.82, 2.24) is 4.72 Å². The maximum Gasteiger partial charge on any atom is 0.242 e. The standard InChI is InChI=1S/C11H13BrClNO3S/c1-7(2)10(15)6-14-18(16,17)11-4-3-8(12)5-9(11)13/h3-5,7,14H,6H2,1-2H3. The van der Waals surface area contributed by atoms with Crippen LogP contribution >= 0.6 is 27.5 Å². The number of halogens is 2. The predicted octanol–water partition coefficient (Wildman–Crippen LogP) is 2.61. The summed E-state index contributed by atoms with van der Waals surface area (Å²) in [6, 6.07) is 4.44. The summed E-state index contributed by atoms with van der Waals surface area (Å²) in [5, 5.41) is 0.105. The van der Waals surface area contributed by atoms with E-state index in [-0.39, 0.29) is 28.2 Å². The molecule has 1 N–H and O–H groups in total. The van der Waals surface area contributed by atoms with E-state index in [1.807, 2.05) is 0 Å². The van der Waals surface area contributed by atoms with E-state index in [9.17, 15) is 13.2 Å². The Kier molecular flexibility index (Phi) is 5.33. The molecule has 0 heterocycles. The first-order valence-electron chi connectivity index (χ1n) is 5.21. The molecule has 7 heteroatoms. The van der Waals surface area contributed by atoms with Crippen LogP contribution < -0.4 is 4.72 Å². The molecule has 1 aromatic carbocycles. The van der Waals surface area contributed by atoms with Crippen molar-refractivity contribution in [1.29, 1.82) is 0 Å². The van der Waals surface area contributed by atoms with E-state index in [0.717, 1.165) is 0 Å². The Bertz CT molecular complexity index is 557. The van der Waals surface area contributed by atoms with Gasteiger partial charge in [0, 0.05) is 10.4 Å². The number of carbonyl (C=O) groups is 1. The maximum atomic E-state index is 11.9. The summed E-state index contributed by atoms with van der Waals surface area (Å²) in [7, 11) is -3.76. The Labute approximate surface area is 120 Å². The van der Waals surface area contributed by atoms with Crippen LogP contribution in [0.25, 0.3) is 0 Å². The molecule has 0 aromatic heterocycles. The fraction of sp³-hybridized carbons (Fsp3) is 0.364. The fourth-order valence-corrected chi connectivity index (χ4v) is 3.17. The molecule has 1 aromatic rings. The summed E-state index contributed by atoms with van der Waals surface area (Å²) in [6.45, 7) is 3.19. The van der Waals surface area contributed by atoms with Crippen LogP contribution in [-0.2, 0) is 14.8 Å². The van der Waals surface area contributed by atoms with Crippen molar-refractivity contribution >= 4 is 43.3 Å². The molecule has 0 saturated carbocycles. The minimum Gasteiger partial charge on any atom is -0.298 e. The van der Waals surface area contributed by atoms with Gasteiger partial charge in [0.15, 0.2) is 0 Å². The predicted molar refractivity (Wildman–Crippen MR) is 74.2 cm³/mol. The van der Waals surface area contributed by atoms with Gasteiger partial charge in [-0.05, 0) is 18.2 Å². The fourth-order valence-electron chi connectivity index (χ4n) is 1.14. The Morgan fingerprint density at radius 3 is 2.56 bits per heavy atom. The molecule has 0 bridgehead atoms. The van der Waals surface area contributed by atoms with Gasteiger partial charge in [-0.25, -0.2) is 13.1 Å². The lowest BCUT2D eigenvalue weighted by atomic mass is 10.1. The highest BCUT2D eigenvalue weighted by molar-refractivity contribution is 9.10. The molecule has 0 unspecified atom stereocenters. The van der Waals surface area contributed by atoms with Crippen LogP contribution in [0.5, 0.6) is 0 Å². The van der Waals surface area contributed by atoms with E-state index in [0.29, 0.717) is 4.47 Å². The first-order chi connectivity index (χ1) is 8.24. The average molecular weight is 355 g/mol. The van der Waals surface area contributed by atoms with Gasteiger partial charge in [-0.2, -0.15) is 0 Å². The van der Waals surface area contributed by atoms with E-state index in [1.165, 1.54) is 12.1 Å². The number of rotatable bonds is 5. The van der Waals surface area contributed by atoms with Crippen LogP contribution in [0.3, 0.4) is 0 Å². The SMILES string of the molecule is CC(C)C(=O)CNS(=O)(=O)c1ccc(Br)cc1Cl. The highest BCUT2D eigenvalue weighted by Gasteiger charge is 2.19. The van der Waals surface area contributed by atoms with Gasteiger partial charge >= 0.3 is 0 Å². The number of sulfonamides is 1. The highest BCUT2D eigenvalue weighted by Crippen LogP contribution is 2.24. The van der Waals surface area contributed by atoms with Gasteiger partial charge < -0.3 is 0 Å². The van der Waals surface area contributed by atoms with Crippen LogP contribution in [0, 0.1) is 5.92 Å². The van der Waals surface area contributed by atoms with Crippen molar-refractivity contribution in [3.05, 3.63) is 27.7 Å². The number of carbonyl (C=O) groups excluding carboxylic acids is 1. The third-order valence-corrected chi connectivity index (χ3v) is 4.64. The van der Waals surface area contributed by atoms with E-state index in [4.69, 9.17) is 11.6 Å². The van der Waals surface area contributed by atoms with Gasteiger partial charge in [-0.1, -0.05) is 41.4 Å². The number of hydrogen-bond acceptors (Lipinski definition) is 3. The smallest absolute Gasteiger partial charge is 0.242 e. The quantitative estimate of drug-likeness (QED) is 0.884. The van der Waals surface area contributed by atoms with Gasteiger partial charge in [0.05, 0.1) is 11.6 Å². The third-order valence-electron chi connectivity index (χ3n) is 2.26. The molecule has 0 radical (unpaired) electrons. The van der Waals surface area contributed by atoms with Crippen molar-refractivity contribution in [2.45, 2.75) is 18.7 Å². The molecule has 18 heavy (non-hydrogen) atoms. The molecule has 0 aliphatic carbocycles. The van der Waals surface area contributed by atoms with Gasteiger partial charge in [0.1, 0.15) is 10.7 Å². The minimum atomic E-state index is -3.76. The van der Waals surface area contributed by atoms with Gasteiger partial charge in [0.25, 0.3) is 0 Å². The zero-order valence-corrected chi connectivity index (χ0v) is 13.1. The summed E-state index contributed by atoms with van der Waals surface area (Å²) in [4.78, 5) is 11.4. The number of nitrogens with one attached hydrogen (secondary N) is 1. The Balaban J connectivity index is 2.90. The highest BCUT2D eigenvalue weighted by atomic mass is 79.9. The van der Waals surface area contributed by atoms with Gasteiger partial charge in [-0.15, -0.1) is 0 Å². The minimum absolute atomic E-state index is 0.0380. The van der Waals surface area contributed by atoms with E-state index in [1.54, 1.807) is 19.9 Å². The normalized spacial score (nSPS) is 11.8. The van der Waals surface area contributed by atoms with Crippen LogP contribution in [0.1, 0.15) is 13.8 Å². The summed E-state index contributed by atoms with van der Waals surface area (Å²) in [6.07, 6.45) is 0. The first kappa shape index (κ1) is 15.6. The zero-order valence-electron chi connectivity index (χ0n) is 9.91. The van der Waals surface area contributed by atoms with Crippen molar-refractivity contribution < 1.29 is 13.2 Å². The monoisotopic (exact) mass is 353 g/mol. The van der Waals surface area contributed by atoms with Crippen LogP contribution in [0.4, 0.5) is 0 Å². The molecular weight excluding hydrogens is 342 g/mol. The maximum absolute atomic E-state index is 11.9. The molecule has 1 rings (SSSR count). The summed E-state index contributed by atoms with van der Waals surface area (Å²) >= 11 is 9.05. The van der Waals surface area contributed by atoms with E-state index < -0.39 is 10.0 Å². The summed E-state index contributed by atoms with van der Waals surface area (Å²) in [5.41, 5.74) is 0. The van der Waals surface area contributed by atoms with E-state index >= 15 is 0 Å². The number of Topliss-reactive ketones (excluding diaryl/α,β-unsaturated/α-hetero) is 1. The van der Waals surface area contributed by atoms with Crippen LogP contribution in [0.15, 0.2) is 27.6 Å². The topological polar surface area (TPSA) is 63.2 Å². The lowest BCUT2D eigenvalue weighted by Gasteiger charge is -2.09. The van der Waals surface area contributed by atoms with Crippen molar-refractivity contribution in [2.24, 2.45) is 5.92 Å². The largest absolute Gasteiger partial charge is 0.298 e. The molecule has 4 nitrogen and oxygen atoms in total. The lowest BCUT2D eigenvalue weighted by molar-refractivity contribution is -0.120. The first-order valence-corrected chi connectivity index (χ1v) is 7.87. The third kappa shape index (κ3) is 4.05. The molecule has 0 fully saturated rings. The Morgan fingerprint density at radius 2 is 2.06 bits per heavy atom. The van der Waals surface area contributed by atoms with Crippen LogP contribution in [0.2, 0.25) is 5.02 Å². The van der Waals surface area contributed by atoms with Crippen molar-refractivity contribution in [3.8, 4) is 0 Å². The second-order valence-electron chi connectivity index (χ2n) is 4.02. The molecular formula is C11H13BrClNO3S. The second-order valence-corrected chi connectivity index (χ2v) is 7.08. The molecule has 0 amide bonds. The summed E-state index contributed by atoms with van der Waals surface area (Å²) in [5.74, 6) is -0.389. The number of benzene rings is 1. The second kappa shape index (κ2) is 6.14. The number of ketones is 1. The van der Waals surface area contributed by atoms with Crippen molar-refractivity contribution in [3.63, 3.8) is 0 Å². The molecule has 0 atom stereocenters. The van der Waals surface area contributed by atoms with Gasteiger partial charge in [0.2, 0.25) is 10.0 Å². The molecule has 0 aliphatic heterocycles. The van der Waals surface area contributed by atoms with Crippen LogP contribution in [-0.4, -0.2) is 20.7 Å². The van der Waals surface area contributed by atoms with E-state index in [2.05, 4.69) is 20.7 Å². The molecule has 0 spiro atoms. The zero-order chi connectivity index (χ0) is 13.9. The average Bonchev–Trinajstić information content (AvgIpc) is 2.25.